The van der Waals surface area contributed by atoms with Gasteiger partial charge in [-0.2, -0.15) is 16.3 Å². The SMILES string of the molecule is CNCCCN(C)Cc1noc(-c2ccsc2)n1. The first-order chi connectivity index (χ1) is 8.79. The highest BCUT2D eigenvalue weighted by atomic mass is 32.1. The fourth-order valence-electron chi connectivity index (χ4n) is 1.67. The summed E-state index contributed by atoms with van der Waals surface area (Å²) in [7, 11) is 4.03. The molecular formula is C12H18N4OS. The quantitative estimate of drug-likeness (QED) is 0.775. The predicted octanol–water partition coefficient (Wildman–Crippen LogP) is 1.84. The molecule has 0 aliphatic heterocycles. The Balaban J connectivity index is 1.87. The highest BCUT2D eigenvalue weighted by Gasteiger charge is 2.10. The van der Waals surface area contributed by atoms with Crippen molar-refractivity contribution in [2.45, 2.75) is 13.0 Å². The lowest BCUT2D eigenvalue weighted by Crippen LogP contribution is -2.22. The Bertz CT molecular complexity index is 454. The zero-order valence-electron chi connectivity index (χ0n) is 10.7. The van der Waals surface area contributed by atoms with Gasteiger partial charge < -0.3 is 9.84 Å². The van der Waals surface area contributed by atoms with Crippen molar-refractivity contribution in [2.24, 2.45) is 0 Å². The normalized spacial score (nSPS) is 11.3. The zero-order valence-corrected chi connectivity index (χ0v) is 11.5. The third-order valence-corrected chi connectivity index (χ3v) is 3.30. The first kappa shape index (κ1) is 13.2. The number of thiophene rings is 1. The zero-order chi connectivity index (χ0) is 12.8. The molecule has 0 bridgehead atoms. The molecule has 1 N–H and O–H groups in total. The van der Waals surface area contributed by atoms with Gasteiger partial charge in [0.05, 0.1) is 12.1 Å². The van der Waals surface area contributed by atoms with Crippen LogP contribution in [0.2, 0.25) is 0 Å². The molecule has 2 rings (SSSR count). The van der Waals surface area contributed by atoms with Crippen LogP contribution >= 0.6 is 11.3 Å². The van der Waals surface area contributed by atoms with Gasteiger partial charge in [-0.3, -0.25) is 4.90 Å². The van der Waals surface area contributed by atoms with Gasteiger partial charge in [0.15, 0.2) is 5.82 Å². The molecule has 2 aromatic rings. The van der Waals surface area contributed by atoms with E-state index in [1.807, 2.05) is 23.9 Å². The van der Waals surface area contributed by atoms with Gasteiger partial charge in [0.1, 0.15) is 0 Å². The number of hydrogen-bond acceptors (Lipinski definition) is 6. The lowest BCUT2D eigenvalue weighted by Gasteiger charge is -2.13. The fourth-order valence-corrected chi connectivity index (χ4v) is 2.30. The van der Waals surface area contributed by atoms with Gasteiger partial charge in [-0.25, -0.2) is 0 Å². The molecule has 0 amide bonds. The molecule has 0 aliphatic rings. The van der Waals surface area contributed by atoms with Crippen molar-refractivity contribution in [1.29, 1.82) is 0 Å². The van der Waals surface area contributed by atoms with E-state index in [9.17, 15) is 0 Å². The summed E-state index contributed by atoms with van der Waals surface area (Å²) < 4.78 is 5.24. The number of nitrogens with zero attached hydrogens (tertiary/aromatic N) is 3. The third kappa shape index (κ3) is 3.63. The summed E-state index contributed by atoms with van der Waals surface area (Å²) in [6.45, 7) is 2.76. The number of hydrogen-bond donors (Lipinski definition) is 1. The molecule has 5 nitrogen and oxygen atoms in total. The summed E-state index contributed by atoms with van der Waals surface area (Å²) in [5.41, 5.74) is 0.997. The molecule has 0 aromatic carbocycles. The van der Waals surface area contributed by atoms with Crippen LogP contribution in [0.25, 0.3) is 11.5 Å². The van der Waals surface area contributed by atoms with E-state index in [-0.39, 0.29) is 0 Å². The van der Waals surface area contributed by atoms with E-state index >= 15 is 0 Å². The smallest absolute Gasteiger partial charge is 0.258 e. The number of aromatic nitrogens is 2. The van der Waals surface area contributed by atoms with Gasteiger partial charge in [-0.05, 0) is 45.1 Å². The summed E-state index contributed by atoms with van der Waals surface area (Å²) in [5.74, 6) is 1.35. The van der Waals surface area contributed by atoms with Crippen LogP contribution in [-0.4, -0.2) is 42.2 Å². The van der Waals surface area contributed by atoms with Crippen LogP contribution in [0.4, 0.5) is 0 Å². The van der Waals surface area contributed by atoms with Gasteiger partial charge in [-0.1, -0.05) is 5.16 Å². The van der Waals surface area contributed by atoms with E-state index in [4.69, 9.17) is 4.52 Å². The Morgan fingerprint density at radius 1 is 1.50 bits per heavy atom. The average molecular weight is 266 g/mol. The minimum atomic E-state index is 0.606. The largest absolute Gasteiger partial charge is 0.334 e. The van der Waals surface area contributed by atoms with E-state index in [0.29, 0.717) is 5.89 Å². The van der Waals surface area contributed by atoms with Gasteiger partial charge in [-0.15, -0.1) is 0 Å². The molecule has 0 spiro atoms. The molecule has 18 heavy (non-hydrogen) atoms. The van der Waals surface area contributed by atoms with Crippen molar-refractivity contribution < 1.29 is 4.52 Å². The topological polar surface area (TPSA) is 54.2 Å². The summed E-state index contributed by atoms with van der Waals surface area (Å²) in [5, 5.41) is 11.1. The fraction of sp³-hybridized carbons (Fsp3) is 0.500. The standard InChI is InChI=1S/C12H18N4OS/c1-13-5-3-6-16(2)8-11-14-12(17-15-11)10-4-7-18-9-10/h4,7,9,13H,3,5-6,8H2,1-2H3. The molecule has 0 radical (unpaired) electrons. The Hall–Kier alpha value is -1.24. The molecule has 0 fully saturated rings. The molecule has 0 atom stereocenters. The average Bonchev–Trinajstić information content (AvgIpc) is 2.98. The van der Waals surface area contributed by atoms with Crippen LogP contribution in [0.5, 0.6) is 0 Å². The highest BCUT2D eigenvalue weighted by molar-refractivity contribution is 7.08. The first-order valence-electron chi connectivity index (χ1n) is 5.98. The minimum absolute atomic E-state index is 0.606. The van der Waals surface area contributed by atoms with E-state index in [2.05, 4.69) is 27.4 Å². The molecule has 98 valence electrons. The van der Waals surface area contributed by atoms with E-state index in [1.54, 1.807) is 11.3 Å². The molecule has 6 heteroatoms. The molecule has 0 saturated carbocycles. The van der Waals surface area contributed by atoms with Crippen LogP contribution < -0.4 is 5.32 Å². The summed E-state index contributed by atoms with van der Waals surface area (Å²) in [6.07, 6.45) is 1.11. The number of rotatable bonds is 7. The van der Waals surface area contributed by atoms with Crippen molar-refractivity contribution in [3.8, 4) is 11.5 Å². The van der Waals surface area contributed by atoms with Crippen LogP contribution in [-0.2, 0) is 6.54 Å². The van der Waals surface area contributed by atoms with E-state index in [1.165, 1.54) is 0 Å². The molecule has 2 aromatic heterocycles. The van der Waals surface area contributed by atoms with Crippen LogP contribution in [0.3, 0.4) is 0 Å². The van der Waals surface area contributed by atoms with Gasteiger partial charge in [0.25, 0.3) is 5.89 Å². The van der Waals surface area contributed by atoms with Gasteiger partial charge >= 0.3 is 0 Å². The second-order valence-electron chi connectivity index (χ2n) is 4.22. The third-order valence-electron chi connectivity index (χ3n) is 2.61. The Morgan fingerprint density at radius 2 is 2.39 bits per heavy atom. The molecule has 0 aliphatic carbocycles. The predicted molar refractivity (Wildman–Crippen MR) is 72.5 cm³/mol. The van der Waals surface area contributed by atoms with Crippen molar-refractivity contribution in [3.05, 3.63) is 22.7 Å². The molecule has 0 saturated heterocycles. The van der Waals surface area contributed by atoms with Gasteiger partial charge in [0, 0.05) is 5.38 Å². The van der Waals surface area contributed by atoms with Crippen molar-refractivity contribution in [2.75, 3.05) is 27.2 Å². The van der Waals surface area contributed by atoms with E-state index in [0.717, 1.165) is 37.4 Å². The highest BCUT2D eigenvalue weighted by Crippen LogP contribution is 2.19. The van der Waals surface area contributed by atoms with Crippen LogP contribution in [0.15, 0.2) is 21.3 Å². The maximum absolute atomic E-state index is 5.24. The monoisotopic (exact) mass is 266 g/mol. The van der Waals surface area contributed by atoms with E-state index < -0.39 is 0 Å². The summed E-state index contributed by atoms with van der Waals surface area (Å²) in [6, 6.07) is 1.98. The Morgan fingerprint density at radius 3 is 3.11 bits per heavy atom. The van der Waals surface area contributed by atoms with Gasteiger partial charge in [0.2, 0.25) is 0 Å². The van der Waals surface area contributed by atoms with Crippen molar-refractivity contribution >= 4 is 11.3 Å². The maximum atomic E-state index is 5.24. The summed E-state index contributed by atoms with van der Waals surface area (Å²) in [4.78, 5) is 6.59. The Labute approximate surface area is 111 Å². The second-order valence-corrected chi connectivity index (χ2v) is 5.00. The van der Waals surface area contributed by atoms with Crippen molar-refractivity contribution in [1.82, 2.24) is 20.4 Å². The first-order valence-corrected chi connectivity index (χ1v) is 6.92. The molecule has 0 unspecified atom stereocenters. The van der Waals surface area contributed by atoms with Crippen LogP contribution in [0.1, 0.15) is 12.2 Å². The lowest BCUT2D eigenvalue weighted by molar-refractivity contribution is 0.305. The maximum Gasteiger partial charge on any atom is 0.258 e. The second kappa shape index (κ2) is 6.63. The Kier molecular flexibility index (Phi) is 4.86. The summed E-state index contributed by atoms with van der Waals surface area (Å²) >= 11 is 1.63. The molecular weight excluding hydrogens is 248 g/mol. The van der Waals surface area contributed by atoms with Crippen LogP contribution in [0, 0.1) is 0 Å². The number of nitrogens with one attached hydrogen (secondary N) is 1. The lowest BCUT2D eigenvalue weighted by atomic mass is 10.3. The van der Waals surface area contributed by atoms with Crippen molar-refractivity contribution in [3.63, 3.8) is 0 Å². The molecule has 2 heterocycles. The minimum Gasteiger partial charge on any atom is -0.334 e.